The second-order valence-corrected chi connectivity index (χ2v) is 5.58. The summed E-state index contributed by atoms with van der Waals surface area (Å²) in [6, 6.07) is 13.6. The Hall–Kier alpha value is -3.21. The van der Waals surface area contributed by atoms with Crippen LogP contribution in [0.25, 0.3) is 17.0 Å². The van der Waals surface area contributed by atoms with Gasteiger partial charge in [-0.2, -0.15) is 0 Å². The van der Waals surface area contributed by atoms with Gasteiger partial charge in [0.2, 0.25) is 0 Å². The molecule has 0 saturated carbocycles. The number of rotatable bonds is 4. The van der Waals surface area contributed by atoms with E-state index >= 15 is 0 Å². The molecule has 2 aromatic carbocycles. The van der Waals surface area contributed by atoms with E-state index in [-0.39, 0.29) is 11.5 Å². The molecule has 0 spiro atoms. The van der Waals surface area contributed by atoms with Gasteiger partial charge < -0.3 is 4.57 Å². The highest BCUT2D eigenvalue weighted by atomic mass is 16.6. The van der Waals surface area contributed by atoms with Gasteiger partial charge in [0.25, 0.3) is 5.69 Å². The zero-order valence-electron chi connectivity index (χ0n) is 13.4. The van der Waals surface area contributed by atoms with Crippen LogP contribution in [-0.2, 0) is 7.05 Å². The van der Waals surface area contributed by atoms with Crippen LogP contribution in [0, 0.1) is 17.0 Å². The fraction of sp³-hybridized carbons (Fsp3) is 0.105. The summed E-state index contributed by atoms with van der Waals surface area (Å²) in [7, 11) is 1.99. The normalized spacial score (nSPS) is 11.2. The Morgan fingerprint density at radius 2 is 1.79 bits per heavy atom. The SMILES string of the molecule is Cc1c(/C=C/C(=O)c2ccc([N+](=O)[O-])cc2)c2ccccc2n1C. The molecule has 0 fully saturated rings. The molecule has 0 atom stereocenters. The number of hydrogen-bond acceptors (Lipinski definition) is 3. The zero-order valence-corrected chi connectivity index (χ0v) is 13.4. The number of para-hydroxylation sites is 1. The van der Waals surface area contributed by atoms with Gasteiger partial charge in [0.05, 0.1) is 4.92 Å². The smallest absolute Gasteiger partial charge is 0.269 e. The van der Waals surface area contributed by atoms with Crippen LogP contribution in [0.4, 0.5) is 5.69 Å². The molecule has 0 radical (unpaired) electrons. The highest BCUT2D eigenvalue weighted by Gasteiger charge is 2.10. The van der Waals surface area contributed by atoms with Gasteiger partial charge in [-0.1, -0.05) is 18.2 Å². The zero-order chi connectivity index (χ0) is 17.3. The third kappa shape index (κ3) is 2.72. The molecule has 0 aliphatic carbocycles. The first kappa shape index (κ1) is 15.7. The minimum absolute atomic E-state index is 0.0274. The van der Waals surface area contributed by atoms with Crippen LogP contribution in [0.2, 0.25) is 0 Å². The lowest BCUT2D eigenvalue weighted by Gasteiger charge is -1.98. The number of nitrogens with zero attached hydrogens (tertiary/aromatic N) is 2. The van der Waals surface area contributed by atoms with E-state index in [4.69, 9.17) is 0 Å². The van der Waals surface area contributed by atoms with Crippen LogP contribution in [0.15, 0.2) is 54.6 Å². The minimum Gasteiger partial charge on any atom is -0.347 e. The number of carbonyl (C=O) groups is 1. The predicted octanol–water partition coefficient (Wildman–Crippen LogP) is 4.29. The monoisotopic (exact) mass is 320 g/mol. The van der Waals surface area contributed by atoms with Crippen molar-refractivity contribution in [2.75, 3.05) is 0 Å². The van der Waals surface area contributed by atoms with Gasteiger partial charge in [-0.25, -0.2) is 0 Å². The van der Waals surface area contributed by atoms with Crippen LogP contribution in [0.1, 0.15) is 21.6 Å². The summed E-state index contributed by atoms with van der Waals surface area (Å²) < 4.78 is 2.09. The molecule has 5 heteroatoms. The molecule has 0 unspecified atom stereocenters. The van der Waals surface area contributed by atoms with E-state index in [0.717, 1.165) is 22.2 Å². The highest BCUT2D eigenvalue weighted by Crippen LogP contribution is 2.26. The molecule has 3 rings (SSSR count). The van der Waals surface area contributed by atoms with Crippen LogP contribution >= 0.6 is 0 Å². The average molecular weight is 320 g/mol. The molecule has 0 aliphatic heterocycles. The van der Waals surface area contributed by atoms with E-state index in [1.165, 1.54) is 30.3 Å². The molecular formula is C19H16N2O3. The fourth-order valence-electron chi connectivity index (χ4n) is 2.76. The Labute approximate surface area is 139 Å². The third-order valence-electron chi connectivity index (χ3n) is 4.21. The largest absolute Gasteiger partial charge is 0.347 e. The number of aromatic nitrogens is 1. The van der Waals surface area contributed by atoms with Crippen LogP contribution < -0.4 is 0 Å². The summed E-state index contributed by atoms with van der Waals surface area (Å²) in [5.74, 6) is -0.183. The van der Waals surface area contributed by atoms with E-state index in [0.29, 0.717) is 5.56 Å². The Bertz CT molecular complexity index is 966. The molecule has 24 heavy (non-hydrogen) atoms. The van der Waals surface area contributed by atoms with Crippen molar-refractivity contribution in [3.05, 3.63) is 81.5 Å². The van der Waals surface area contributed by atoms with Crippen molar-refractivity contribution in [3.63, 3.8) is 0 Å². The number of allylic oxidation sites excluding steroid dienone is 1. The quantitative estimate of drug-likeness (QED) is 0.312. The predicted molar refractivity (Wildman–Crippen MR) is 94.1 cm³/mol. The van der Waals surface area contributed by atoms with Gasteiger partial charge in [0.1, 0.15) is 0 Å². The molecule has 0 N–H and O–H groups in total. The second kappa shape index (κ2) is 6.12. The average Bonchev–Trinajstić information content (AvgIpc) is 2.84. The highest BCUT2D eigenvalue weighted by molar-refractivity contribution is 6.08. The van der Waals surface area contributed by atoms with Crippen molar-refractivity contribution in [1.29, 1.82) is 0 Å². The molecule has 1 heterocycles. The van der Waals surface area contributed by atoms with Crippen LogP contribution in [0.3, 0.4) is 0 Å². The van der Waals surface area contributed by atoms with Crippen molar-refractivity contribution in [1.82, 2.24) is 4.57 Å². The number of ketones is 1. The Balaban J connectivity index is 1.92. The van der Waals surface area contributed by atoms with Gasteiger partial charge >= 0.3 is 0 Å². The van der Waals surface area contributed by atoms with E-state index in [1.54, 1.807) is 6.08 Å². The maximum Gasteiger partial charge on any atom is 0.269 e. The first-order valence-corrected chi connectivity index (χ1v) is 7.50. The summed E-state index contributed by atoms with van der Waals surface area (Å²) in [6.45, 7) is 2.01. The standard InChI is InChI=1S/C19H16N2O3/c1-13-16(17-5-3-4-6-18(17)20(13)2)11-12-19(22)14-7-9-15(10-8-14)21(23)24/h3-12H,1-2H3/b12-11+. The molecule has 3 aromatic rings. The Kier molecular flexibility index (Phi) is 4.00. The van der Waals surface area contributed by atoms with Crippen molar-refractivity contribution >= 4 is 28.4 Å². The summed E-state index contributed by atoms with van der Waals surface area (Å²) in [5, 5.41) is 11.7. The van der Waals surface area contributed by atoms with Gasteiger partial charge in [0, 0.05) is 46.9 Å². The lowest BCUT2D eigenvalue weighted by Crippen LogP contribution is -1.95. The van der Waals surface area contributed by atoms with Gasteiger partial charge in [0.15, 0.2) is 5.78 Å². The Morgan fingerprint density at radius 1 is 1.12 bits per heavy atom. The van der Waals surface area contributed by atoms with Gasteiger partial charge in [-0.3, -0.25) is 14.9 Å². The molecule has 120 valence electrons. The first-order valence-electron chi connectivity index (χ1n) is 7.50. The van der Waals surface area contributed by atoms with Gasteiger partial charge in [-0.05, 0) is 37.3 Å². The number of benzene rings is 2. The van der Waals surface area contributed by atoms with E-state index < -0.39 is 4.92 Å². The van der Waals surface area contributed by atoms with Crippen molar-refractivity contribution in [2.24, 2.45) is 7.05 Å². The van der Waals surface area contributed by atoms with Crippen LogP contribution in [-0.4, -0.2) is 15.3 Å². The van der Waals surface area contributed by atoms with Gasteiger partial charge in [-0.15, -0.1) is 0 Å². The third-order valence-corrected chi connectivity index (χ3v) is 4.21. The summed E-state index contributed by atoms with van der Waals surface area (Å²) in [4.78, 5) is 22.5. The number of hydrogen-bond donors (Lipinski definition) is 0. The lowest BCUT2D eigenvalue weighted by atomic mass is 10.1. The molecule has 0 saturated heterocycles. The fourth-order valence-corrected chi connectivity index (χ4v) is 2.76. The number of non-ortho nitro benzene ring substituents is 1. The molecule has 5 nitrogen and oxygen atoms in total. The molecule has 0 aliphatic rings. The summed E-state index contributed by atoms with van der Waals surface area (Å²) in [5.41, 5.74) is 3.58. The number of nitro groups is 1. The summed E-state index contributed by atoms with van der Waals surface area (Å²) in [6.07, 6.45) is 3.32. The molecule has 1 aromatic heterocycles. The maximum atomic E-state index is 12.3. The lowest BCUT2D eigenvalue weighted by molar-refractivity contribution is -0.384. The molecule has 0 amide bonds. The van der Waals surface area contributed by atoms with Crippen molar-refractivity contribution < 1.29 is 9.72 Å². The van der Waals surface area contributed by atoms with Crippen molar-refractivity contribution in [3.8, 4) is 0 Å². The summed E-state index contributed by atoms with van der Waals surface area (Å²) >= 11 is 0. The van der Waals surface area contributed by atoms with E-state index in [9.17, 15) is 14.9 Å². The van der Waals surface area contributed by atoms with E-state index in [1.807, 2.05) is 38.2 Å². The Morgan fingerprint density at radius 3 is 2.46 bits per heavy atom. The number of aryl methyl sites for hydroxylation is 1. The minimum atomic E-state index is -0.483. The molecule has 0 bridgehead atoms. The van der Waals surface area contributed by atoms with Crippen molar-refractivity contribution in [2.45, 2.75) is 6.92 Å². The maximum absolute atomic E-state index is 12.3. The molecular weight excluding hydrogens is 304 g/mol. The first-order chi connectivity index (χ1) is 11.5. The number of fused-ring (bicyclic) bond motifs is 1. The van der Waals surface area contributed by atoms with Crippen LogP contribution in [0.5, 0.6) is 0 Å². The number of nitro benzene ring substituents is 1. The second-order valence-electron chi connectivity index (χ2n) is 5.58. The number of carbonyl (C=O) groups excluding carboxylic acids is 1. The topological polar surface area (TPSA) is 65.1 Å². The van der Waals surface area contributed by atoms with E-state index in [2.05, 4.69) is 4.57 Å².